The van der Waals surface area contributed by atoms with E-state index in [2.05, 4.69) is 43.9 Å². The molecule has 0 aromatic carbocycles. The van der Waals surface area contributed by atoms with E-state index in [4.69, 9.17) is 0 Å². The first kappa shape index (κ1) is 8.50. The summed E-state index contributed by atoms with van der Waals surface area (Å²) in [5.41, 5.74) is 0. The lowest BCUT2D eigenvalue weighted by molar-refractivity contribution is 0.346. The quantitative estimate of drug-likeness (QED) is 0.787. The second-order valence-electron chi connectivity index (χ2n) is 3.14. The first-order chi connectivity index (χ1) is 5.86. The monoisotopic (exact) mass is 277 g/mol. The lowest BCUT2D eigenvalue weighted by Gasteiger charge is -2.22. The molecule has 0 radical (unpaired) electrons. The van der Waals surface area contributed by atoms with Crippen LogP contribution in [0.3, 0.4) is 0 Å². The normalized spacial score (nSPS) is 24.2. The molecule has 0 unspecified atom stereocenters. The second kappa shape index (κ2) is 3.74. The van der Waals surface area contributed by atoms with Crippen molar-refractivity contribution in [2.75, 3.05) is 13.1 Å². The Bertz CT molecular complexity index is 253. The molecule has 1 aromatic rings. The van der Waals surface area contributed by atoms with E-state index >= 15 is 0 Å². The first-order valence-electron chi connectivity index (χ1n) is 4.26. The molecule has 12 heavy (non-hydrogen) atoms. The van der Waals surface area contributed by atoms with Crippen molar-refractivity contribution >= 4 is 22.6 Å². The summed E-state index contributed by atoms with van der Waals surface area (Å²) in [5.74, 6) is 0. The Morgan fingerprint density at radius 2 is 2.58 bits per heavy atom. The average molecular weight is 277 g/mol. The third-order valence-electron chi connectivity index (χ3n) is 2.21. The Hall–Kier alpha value is -0.100. The maximum atomic E-state index is 4.31. The number of nitrogens with one attached hydrogen (secondary N) is 1. The first-order valence-corrected chi connectivity index (χ1v) is 5.34. The topological polar surface area (TPSA) is 29.9 Å². The molecule has 1 saturated heterocycles. The van der Waals surface area contributed by atoms with Gasteiger partial charge in [0.2, 0.25) is 0 Å². The van der Waals surface area contributed by atoms with Gasteiger partial charge in [-0.3, -0.25) is 4.68 Å². The molecule has 1 aromatic heterocycles. The van der Waals surface area contributed by atoms with Gasteiger partial charge in [0.25, 0.3) is 0 Å². The van der Waals surface area contributed by atoms with E-state index in [0.29, 0.717) is 6.04 Å². The average Bonchev–Trinajstić information content (AvgIpc) is 2.54. The highest BCUT2D eigenvalue weighted by Crippen LogP contribution is 2.16. The minimum Gasteiger partial charge on any atom is -0.315 e. The van der Waals surface area contributed by atoms with Crippen LogP contribution in [0.4, 0.5) is 0 Å². The smallest absolute Gasteiger partial charge is 0.0644 e. The standard InChI is InChI=1S/C8H12IN3/c9-7-4-11-12(6-7)8-2-1-3-10-5-8/h4,6,8,10H,1-3,5H2/t8-/m0/s1. The summed E-state index contributed by atoms with van der Waals surface area (Å²) in [6, 6.07) is 0.572. The van der Waals surface area contributed by atoms with E-state index in [9.17, 15) is 0 Å². The van der Waals surface area contributed by atoms with Crippen LogP contribution < -0.4 is 5.32 Å². The van der Waals surface area contributed by atoms with Gasteiger partial charge in [0.1, 0.15) is 0 Å². The van der Waals surface area contributed by atoms with Gasteiger partial charge < -0.3 is 5.32 Å². The Morgan fingerprint density at radius 3 is 3.17 bits per heavy atom. The van der Waals surface area contributed by atoms with Crippen molar-refractivity contribution in [3.05, 3.63) is 16.0 Å². The fourth-order valence-electron chi connectivity index (χ4n) is 1.57. The van der Waals surface area contributed by atoms with Crippen molar-refractivity contribution in [2.24, 2.45) is 0 Å². The summed E-state index contributed by atoms with van der Waals surface area (Å²) >= 11 is 2.29. The zero-order valence-electron chi connectivity index (χ0n) is 6.83. The van der Waals surface area contributed by atoms with Gasteiger partial charge in [-0.05, 0) is 42.0 Å². The minimum absolute atomic E-state index is 0.572. The molecule has 0 bridgehead atoms. The molecule has 3 nitrogen and oxygen atoms in total. The maximum Gasteiger partial charge on any atom is 0.0644 e. The predicted molar refractivity (Wildman–Crippen MR) is 56.1 cm³/mol. The van der Waals surface area contributed by atoms with Crippen LogP contribution in [-0.2, 0) is 0 Å². The highest BCUT2D eigenvalue weighted by Gasteiger charge is 2.14. The molecule has 0 amide bonds. The van der Waals surface area contributed by atoms with Crippen LogP contribution in [0.2, 0.25) is 0 Å². The number of halogens is 1. The van der Waals surface area contributed by atoms with E-state index in [1.165, 1.54) is 16.4 Å². The van der Waals surface area contributed by atoms with Crippen LogP contribution in [0, 0.1) is 3.57 Å². The van der Waals surface area contributed by atoms with E-state index in [0.717, 1.165) is 13.1 Å². The largest absolute Gasteiger partial charge is 0.315 e. The number of rotatable bonds is 1. The molecule has 0 saturated carbocycles. The molecular weight excluding hydrogens is 265 g/mol. The zero-order valence-corrected chi connectivity index (χ0v) is 8.99. The van der Waals surface area contributed by atoms with Gasteiger partial charge >= 0.3 is 0 Å². The van der Waals surface area contributed by atoms with E-state index < -0.39 is 0 Å². The Balaban J connectivity index is 2.08. The van der Waals surface area contributed by atoms with Gasteiger partial charge in [0.15, 0.2) is 0 Å². The number of aromatic nitrogens is 2. The molecule has 66 valence electrons. The van der Waals surface area contributed by atoms with Crippen molar-refractivity contribution in [1.82, 2.24) is 15.1 Å². The molecular formula is C8H12IN3. The molecule has 1 aliphatic rings. The Kier molecular flexibility index (Phi) is 2.65. The molecule has 1 N–H and O–H groups in total. The van der Waals surface area contributed by atoms with Crippen LogP contribution in [-0.4, -0.2) is 22.9 Å². The highest BCUT2D eigenvalue weighted by atomic mass is 127. The molecule has 1 aliphatic heterocycles. The number of piperidine rings is 1. The maximum absolute atomic E-state index is 4.31. The molecule has 2 rings (SSSR count). The van der Waals surface area contributed by atoms with E-state index in [1.807, 2.05) is 6.20 Å². The summed E-state index contributed by atoms with van der Waals surface area (Å²) in [5, 5.41) is 7.69. The van der Waals surface area contributed by atoms with E-state index in [-0.39, 0.29) is 0 Å². The summed E-state index contributed by atoms with van der Waals surface area (Å²) in [6.07, 6.45) is 6.54. The summed E-state index contributed by atoms with van der Waals surface area (Å²) in [6.45, 7) is 2.23. The van der Waals surface area contributed by atoms with Crippen molar-refractivity contribution in [1.29, 1.82) is 0 Å². The second-order valence-corrected chi connectivity index (χ2v) is 4.38. The fraction of sp³-hybridized carbons (Fsp3) is 0.625. The fourth-order valence-corrected chi connectivity index (χ4v) is 1.98. The Morgan fingerprint density at radius 1 is 1.67 bits per heavy atom. The minimum atomic E-state index is 0.572. The summed E-state index contributed by atoms with van der Waals surface area (Å²) in [7, 11) is 0. The van der Waals surface area contributed by atoms with Gasteiger partial charge in [-0.1, -0.05) is 0 Å². The predicted octanol–water partition coefficient (Wildman–Crippen LogP) is 1.41. The van der Waals surface area contributed by atoms with Crippen LogP contribution in [0.25, 0.3) is 0 Å². The van der Waals surface area contributed by atoms with Gasteiger partial charge in [0, 0.05) is 12.7 Å². The van der Waals surface area contributed by atoms with Crippen molar-refractivity contribution in [2.45, 2.75) is 18.9 Å². The zero-order chi connectivity index (χ0) is 8.39. The van der Waals surface area contributed by atoms with Crippen LogP contribution in [0.1, 0.15) is 18.9 Å². The van der Waals surface area contributed by atoms with Crippen molar-refractivity contribution < 1.29 is 0 Å². The molecule has 1 atom stereocenters. The summed E-state index contributed by atoms with van der Waals surface area (Å²) in [4.78, 5) is 0. The number of nitrogens with zero attached hydrogens (tertiary/aromatic N) is 2. The lowest BCUT2D eigenvalue weighted by atomic mass is 10.1. The van der Waals surface area contributed by atoms with Crippen LogP contribution >= 0.6 is 22.6 Å². The lowest BCUT2D eigenvalue weighted by Crippen LogP contribution is -2.31. The SMILES string of the molecule is Ic1cnn([C@H]2CCCNC2)c1. The molecule has 0 aliphatic carbocycles. The third-order valence-corrected chi connectivity index (χ3v) is 2.77. The van der Waals surface area contributed by atoms with Crippen molar-refractivity contribution in [3.63, 3.8) is 0 Å². The highest BCUT2D eigenvalue weighted by molar-refractivity contribution is 14.1. The molecule has 1 fully saturated rings. The van der Waals surface area contributed by atoms with Gasteiger partial charge in [0.05, 0.1) is 15.8 Å². The summed E-state index contributed by atoms with van der Waals surface area (Å²) < 4.78 is 3.30. The Labute approximate surface area is 85.7 Å². The van der Waals surface area contributed by atoms with Crippen LogP contribution in [0.5, 0.6) is 0 Å². The third kappa shape index (κ3) is 1.80. The van der Waals surface area contributed by atoms with E-state index in [1.54, 1.807) is 0 Å². The molecule has 2 heterocycles. The number of hydrogen-bond donors (Lipinski definition) is 1. The molecule has 4 heteroatoms. The van der Waals surface area contributed by atoms with Crippen LogP contribution in [0.15, 0.2) is 12.4 Å². The van der Waals surface area contributed by atoms with Gasteiger partial charge in [-0.2, -0.15) is 5.10 Å². The van der Waals surface area contributed by atoms with Gasteiger partial charge in [-0.25, -0.2) is 0 Å². The van der Waals surface area contributed by atoms with Crippen molar-refractivity contribution in [3.8, 4) is 0 Å². The van der Waals surface area contributed by atoms with Gasteiger partial charge in [-0.15, -0.1) is 0 Å². The molecule has 0 spiro atoms. The number of hydrogen-bond acceptors (Lipinski definition) is 2.